The Kier molecular flexibility index (Phi) is 6.53. The van der Waals surface area contributed by atoms with Crippen molar-refractivity contribution < 1.29 is 18.5 Å². The van der Waals surface area contributed by atoms with Gasteiger partial charge in [0.2, 0.25) is 5.91 Å². The minimum absolute atomic E-state index is 0.0714. The molecule has 2 aliphatic rings. The second-order valence-corrected chi connectivity index (χ2v) is 10.8. The number of carbonyl (C=O) groups excluding carboxylic acids is 2. The third kappa shape index (κ3) is 4.53. The predicted molar refractivity (Wildman–Crippen MR) is 130 cm³/mol. The number of piperidine rings is 1. The highest BCUT2D eigenvalue weighted by Crippen LogP contribution is 2.35. The quantitative estimate of drug-likeness (QED) is 0.457. The number of ketones is 1. The van der Waals surface area contributed by atoms with Crippen LogP contribution < -0.4 is 0 Å². The molecule has 0 saturated carbocycles. The molecule has 0 unspecified atom stereocenters. The summed E-state index contributed by atoms with van der Waals surface area (Å²) in [6.07, 6.45) is 4.16. The molecule has 2 aliphatic heterocycles. The second kappa shape index (κ2) is 9.58. The molecule has 0 radical (unpaired) electrons. The molecular formula is C26H30FN3O3S. The zero-order chi connectivity index (χ0) is 23.8. The molecule has 1 aromatic carbocycles. The second-order valence-electron chi connectivity index (χ2n) is 9.48. The summed E-state index contributed by atoms with van der Waals surface area (Å²) in [5.74, 6) is 0.279. The van der Waals surface area contributed by atoms with Gasteiger partial charge in [-0.15, -0.1) is 11.3 Å². The number of benzene rings is 1. The third-order valence-corrected chi connectivity index (χ3v) is 8.47. The van der Waals surface area contributed by atoms with E-state index in [-0.39, 0.29) is 17.5 Å². The highest BCUT2D eigenvalue weighted by atomic mass is 32.1. The lowest BCUT2D eigenvalue weighted by Crippen LogP contribution is -2.34. The lowest BCUT2D eigenvalue weighted by atomic mass is 9.91. The summed E-state index contributed by atoms with van der Waals surface area (Å²) in [6, 6.07) is 4.61. The fourth-order valence-corrected chi connectivity index (χ4v) is 6.59. The molecule has 0 spiro atoms. The van der Waals surface area contributed by atoms with Gasteiger partial charge in [0, 0.05) is 59.1 Å². The van der Waals surface area contributed by atoms with Crippen LogP contribution in [0.25, 0.3) is 11.0 Å². The van der Waals surface area contributed by atoms with Gasteiger partial charge in [0.05, 0.1) is 5.69 Å². The summed E-state index contributed by atoms with van der Waals surface area (Å²) >= 11 is 1.72. The summed E-state index contributed by atoms with van der Waals surface area (Å²) in [5, 5.41) is 5.14. The van der Waals surface area contributed by atoms with Crippen LogP contribution in [0.1, 0.15) is 69.9 Å². The first-order valence-electron chi connectivity index (χ1n) is 12.1. The molecule has 180 valence electrons. The number of aryl methyl sites for hydroxylation is 1. The molecule has 8 heteroatoms. The van der Waals surface area contributed by atoms with Crippen LogP contribution in [-0.2, 0) is 17.8 Å². The Bertz CT molecular complexity index is 1230. The molecule has 1 fully saturated rings. The number of thiophene rings is 1. The Balaban J connectivity index is 1.14. The van der Waals surface area contributed by atoms with Crippen LogP contribution in [-0.4, -0.2) is 52.8 Å². The van der Waals surface area contributed by atoms with E-state index in [0.29, 0.717) is 24.5 Å². The number of halogens is 1. The lowest BCUT2D eigenvalue weighted by molar-refractivity contribution is -0.129. The first-order valence-corrected chi connectivity index (χ1v) is 12.9. The number of hydrogen-bond acceptors (Lipinski definition) is 6. The van der Waals surface area contributed by atoms with Crippen molar-refractivity contribution in [3.05, 3.63) is 50.6 Å². The molecule has 6 nitrogen and oxygen atoms in total. The normalized spacial score (nSPS) is 17.3. The number of hydrogen-bond donors (Lipinski definition) is 0. The molecule has 4 heterocycles. The maximum absolute atomic E-state index is 13.4. The van der Waals surface area contributed by atoms with Crippen molar-refractivity contribution in [2.45, 2.75) is 58.4 Å². The number of nitrogens with zero attached hydrogens (tertiary/aromatic N) is 3. The summed E-state index contributed by atoms with van der Waals surface area (Å²) in [5.41, 5.74) is 3.38. The zero-order valence-corrected chi connectivity index (χ0v) is 20.5. The minimum Gasteiger partial charge on any atom is -0.356 e. The molecule has 0 N–H and O–H groups in total. The van der Waals surface area contributed by atoms with E-state index in [1.165, 1.54) is 17.0 Å². The molecule has 2 aromatic heterocycles. The fourth-order valence-electron chi connectivity index (χ4n) is 5.40. The summed E-state index contributed by atoms with van der Waals surface area (Å²) in [4.78, 5) is 31.6. The van der Waals surface area contributed by atoms with Gasteiger partial charge >= 0.3 is 0 Å². The highest BCUT2D eigenvalue weighted by molar-refractivity contribution is 7.12. The van der Waals surface area contributed by atoms with E-state index in [9.17, 15) is 14.0 Å². The summed E-state index contributed by atoms with van der Waals surface area (Å²) in [7, 11) is 0. The molecule has 1 saturated heterocycles. The van der Waals surface area contributed by atoms with Crippen molar-refractivity contribution in [2.75, 3.05) is 26.2 Å². The topological polar surface area (TPSA) is 66.7 Å². The number of likely N-dealkylation sites (tertiary alicyclic amines) is 1. The molecular weight excluding hydrogens is 453 g/mol. The molecule has 3 aromatic rings. The van der Waals surface area contributed by atoms with Gasteiger partial charge in [-0.25, -0.2) is 4.39 Å². The van der Waals surface area contributed by atoms with Crippen LogP contribution in [0.4, 0.5) is 4.39 Å². The Morgan fingerprint density at radius 1 is 1.24 bits per heavy atom. The van der Waals surface area contributed by atoms with Gasteiger partial charge in [0.1, 0.15) is 5.82 Å². The molecule has 0 aliphatic carbocycles. The largest absolute Gasteiger partial charge is 0.356 e. The van der Waals surface area contributed by atoms with Gasteiger partial charge in [-0.05, 0) is 69.9 Å². The number of aromatic nitrogens is 1. The van der Waals surface area contributed by atoms with Crippen molar-refractivity contribution in [3.63, 3.8) is 0 Å². The van der Waals surface area contributed by atoms with Crippen LogP contribution in [0.2, 0.25) is 0 Å². The van der Waals surface area contributed by atoms with Crippen LogP contribution in [0.15, 0.2) is 22.7 Å². The van der Waals surface area contributed by atoms with Gasteiger partial charge < -0.3 is 14.3 Å². The van der Waals surface area contributed by atoms with Gasteiger partial charge in [0.15, 0.2) is 11.4 Å². The number of carbonyl (C=O) groups is 2. The van der Waals surface area contributed by atoms with E-state index >= 15 is 0 Å². The zero-order valence-electron chi connectivity index (χ0n) is 19.7. The number of rotatable bonds is 6. The fraction of sp³-hybridized carbons (Fsp3) is 0.500. The molecule has 5 rings (SSSR count). The van der Waals surface area contributed by atoms with Crippen molar-refractivity contribution >= 4 is 34.0 Å². The molecule has 0 atom stereocenters. The third-order valence-electron chi connectivity index (χ3n) is 7.26. The Morgan fingerprint density at radius 2 is 2.03 bits per heavy atom. The molecule has 34 heavy (non-hydrogen) atoms. The van der Waals surface area contributed by atoms with Gasteiger partial charge in [0.25, 0.3) is 0 Å². The van der Waals surface area contributed by atoms with E-state index in [1.807, 2.05) is 11.8 Å². The highest BCUT2D eigenvalue weighted by Gasteiger charge is 2.28. The Hall–Kier alpha value is -2.58. The minimum atomic E-state index is -0.311. The first kappa shape index (κ1) is 23.2. The van der Waals surface area contributed by atoms with Crippen LogP contribution in [0.3, 0.4) is 0 Å². The number of amides is 1. The van der Waals surface area contributed by atoms with Gasteiger partial charge in [-0.2, -0.15) is 0 Å². The predicted octanol–water partition coefficient (Wildman–Crippen LogP) is 5.08. The van der Waals surface area contributed by atoms with E-state index in [4.69, 9.17) is 4.52 Å². The van der Waals surface area contributed by atoms with E-state index in [0.717, 1.165) is 78.9 Å². The smallest absolute Gasteiger partial charge is 0.219 e. The average Bonchev–Trinajstić information content (AvgIpc) is 3.38. The van der Waals surface area contributed by atoms with Gasteiger partial charge in [-0.3, -0.25) is 9.59 Å². The summed E-state index contributed by atoms with van der Waals surface area (Å²) in [6.45, 7) is 7.73. The monoisotopic (exact) mass is 483 g/mol. The molecule has 0 bridgehead atoms. The van der Waals surface area contributed by atoms with Crippen LogP contribution in [0, 0.1) is 12.7 Å². The Labute approximate surface area is 202 Å². The van der Waals surface area contributed by atoms with E-state index in [2.05, 4.69) is 10.1 Å². The average molecular weight is 484 g/mol. The van der Waals surface area contributed by atoms with Gasteiger partial charge in [-0.1, -0.05) is 5.16 Å². The van der Waals surface area contributed by atoms with Crippen molar-refractivity contribution in [1.82, 2.24) is 15.0 Å². The molecule has 1 amide bonds. The number of fused-ring (bicyclic) bond motifs is 2. The van der Waals surface area contributed by atoms with E-state index < -0.39 is 0 Å². The van der Waals surface area contributed by atoms with E-state index in [1.54, 1.807) is 24.3 Å². The lowest BCUT2D eigenvalue weighted by Gasteiger charge is -2.31. The summed E-state index contributed by atoms with van der Waals surface area (Å²) < 4.78 is 18.8. The standard InChI is InChI=1S/C26H30FN3O3S/c1-16-25(21-15-30(17(2)31)13-9-24(21)34-16)22(32)4-3-10-29-11-7-18(8-12-29)26-20-6-5-19(27)14-23(20)33-28-26/h5-6,14,18H,3-4,7-13,15H2,1-2H3. The first-order chi connectivity index (χ1) is 16.4. The van der Waals surface area contributed by atoms with Crippen molar-refractivity contribution in [2.24, 2.45) is 0 Å². The van der Waals surface area contributed by atoms with Crippen molar-refractivity contribution in [1.29, 1.82) is 0 Å². The van der Waals surface area contributed by atoms with Crippen LogP contribution in [0.5, 0.6) is 0 Å². The SMILES string of the molecule is CC(=O)N1CCc2sc(C)c(C(=O)CCCN3CCC(c4noc5cc(F)ccc45)CC3)c2C1. The van der Waals surface area contributed by atoms with Crippen LogP contribution >= 0.6 is 11.3 Å². The number of Topliss-reactive ketones (excluding diaryl/α,β-unsaturated/α-hetero) is 1. The van der Waals surface area contributed by atoms with Crippen molar-refractivity contribution in [3.8, 4) is 0 Å². The maximum Gasteiger partial charge on any atom is 0.219 e. The maximum atomic E-state index is 13.4. The Morgan fingerprint density at radius 3 is 2.79 bits per heavy atom.